The molecule has 0 aromatic carbocycles. The highest BCUT2D eigenvalue weighted by Crippen LogP contribution is 2.28. The molecule has 1 amide bonds. The largest absolute Gasteiger partial charge is 0.365 e. The molecule has 134 valence electrons. The van der Waals surface area contributed by atoms with E-state index in [4.69, 9.17) is 25.7 Å². The summed E-state index contributed by atoms with van der Waals surface area (Å²) in [4.78, 5) is 16.6. The summed E-state index contributed by atoms with van der Waals surface area (Å²) in [5.41, 5.74) is 4.72. The Morgan fingerprint density at radius 3 is 2.52 bits per heavy atom. The first-order chi connectivity index (χ1) is 11.1. The summed E-state index contributed by atoms with van der Waals surface area (Å²) in [7, 11) is 0. The molecule has 1 unspecified atom stereocenters. The average molecular weight is 367 g/mol. The molecule has 0 saturated heterocycles. The van der Waals surface area contributed by atoms with Crippen LogP contribution in [0, 0.1) is 0 Å². The summed E-state index contributed by atoms with van der Waals surface area (Å²) in [5.74, 6) is -0.288. The maximum absolute atomic E-state index is 11.9. The maximum Gasteiger partial charge on any atom is 0.264 e. The van der Waals surface area contributed by atoms with Crippen molar-refractivity contribution in [3.8, 4) is 0 Å². The fraction of sp³-hybridized carbons (Fsp3) is 0.933. The van der Waals surface area contributed by atoms with Gasteiger partial charge >= 0.3 is 0 Å². The summed E-state index contributed by atoms with van der Waals surface area (Å²) in [5, 5.41) is 0.716. The van der Waals surface area contributed by atoms with Crippen LogP contribution >= 0.6 is 23.6 Å². The fourth-order valence-corrected chi connectivity index (χ4v) is 3.90. The van der Waals surface area contributed by atoms with Crippen molar-refractivity contribution in [2.45, 2.75) is 87.5 Å². The van der Waals surface area contributed by atoms with Gasteiger partial charge in [0.15, 0.2) is 0 Å². The number of carbonyl (C=O) groups is 1. The van der Waals surface area contributed by atoms with Gasteiger partial charge in [-0.25, -0.2) is 0 Å². The first-order valence-corrected chi connectivity index (χ1v) is 9.72. The van der Waals surface area contributed by atoms with Crippen molar-refractivity contribution in [1.82, 2.24) is 11.0 Å². The molecule has 2 saturated carbocycles. The third kappa shape index (κ3) is 7.58. The number of alkyl halides is 1. The average Bonchev–Trinajstić information content (AvgIpc) is 2.57. The third-order valence-corrected chi connectivity index (χ3v) is 5.67. The van der Waals surface area contributed by atoms with E-state index in [9.17, 15) is 4.79 Å². The molecule has 0 bridgehead atoms. The van der Waals surface area contributed by atoms with Gasteiger partial charge in [0.1, 0.15) is 6.10 Å². The van der Waals surface area contributed by atoms with E-state index >= 15 is 0 Å². The Kier molecular flexibility index (Phi) is 9.00. The lowest BCUT2D eigenvalue weighted by molar-refractivity contribution is -0.257. The van der Waals surface area contributed by atoms with Crippen molar-refractivity contribution in [3.05, 3.63) is 0 Å². The van der Waals surface area contributed by atoms with Gasteiger partial charge in [0.05, 0.1) is 6.10 Å². The molecule has 8 heteroatoms. The van der Waals surface area contributed by atoms with Crippen LogP contribution in [0.2, 0.25) is 0 Å². The summed E-state index contributed by atoms with van der Waals surface area (Å²) >= 11 is 7.36. The van der Waals surface area contributed by atoms with Crippen molar-refractivity contribution >= 4 is 29.6 Å². The zero-order valence-electron chi connectivity index (χ0n) is 13.6. The molecule has 1 atom stereocenters. The number of hydrazine groups is 1. The molecule has 2 aliphatic carbocycles. The monoisotopic (exact) mass is 366 g/mol. The predicted molar refractivity (Wildman–Crippen MR) is 90.4 cm³/mol. The second-order valence-corrected chi connectivity index (χ2v) is 7.86. The zero-order valence-corrected chi connectivity index (χ0v) is 15.2. The Hall–Kier alpha value is -0.0500. The van der Waals surface area contributed by atoms with Crippen LogP contribution in [0.3, 0.4) is 0 Å². The number of hydrogen-bond acceptors (Lipinski definition) is 6. The molecule has 0 radical (unpaired) electrons. The molecule has 0 heterocycles. The Morgan fingerprint density at radius 2 is 1.83 bits per heavy atom. The van der Waals surface area contributed by atoms with Crippen LogP contribution in [-0.4, -0.2) is 28.7 Å². The molecule has 2 N–H and O–H groups in total. The Balaban J connectivity index is 1.50. The molecule has 6 nitrogen and oxygen atoms in total. The van der Waals surface area contributed by atoms with Crippen molar-refractivity contribution in [2.75, 3.05) is 0 Å². The van der Waals surface area contributed by atoms with Gasteiger partial charge in [-0.2, -0.15) is 0 Å². The summed E-state index contributed by atoms with van der Waals surface area (Å²) in [6.45, 7) is 1.72. The SMILES string of the molecule is CC(OC1CCC(Cl)CC1)C(=O)NNOOSC1CCCCC1. The summed E-state index contributed by atoms with van der Waals surface area (Å²) < 4.78 is 10.7. The van der Waals surface area contributed by atoms with Crippen LogP contribution in [0.5, 0.6) is 0 Å². The van der Waals surface area contributed by atoms with E-state index in [2.05, 4.69) is 11.0 Å². The van der Waals surface area contributed by atoms with Gasteiger partial charge in [0, 0.05) is 22.7 Å². The van der Waals surface area contributed by atoms with Gasteiger partial charge < -0.3 is 4.74 Å². The maximum atomic E-state index is 11.9. The van der Waals surface area contributed by atoms with E-state index in [0.29, 0.717) is 5.25 Å². The number of carbonyl (C=O) groups excluding carboxylic acids is 1. The standard InChI is InChI=1S/C15H27ClN2O4S/c1-11(20-13-9-7-12(16)8-10-13)15(19)17-18-21-22-23-14-5-3-2-4-6-14/h11-14,18H,2-10H2,1H3,(H,17,19). The minimum Gasteiger partial charge on any atom is -0.365 e. The smallest absolute Gasteiger partial charge is 0.264 e. The highest BCUT2D eigenvalue weighted by Gasteiger charge is 2.24. The van der Waals surface area contributed by atoms with Crippen LogP contribution in [-0.2, 0) is 18.9 Å². The Morgan fingerprint density at radius 1 is 1.13 bits per heavy atom. The van der Waals surface area contributed by atoms with E-state index in [-0.39, 0.29) is 17.4 Å². The highest BCUT2D eigenvalue weighted by molar-refractivity contribution is 7.95. The quantitative estimate of drug-likeness (QED) is 0.225. The summed E-state index contributed by atoms with van der Waals surface area (Å²) in [6, 6.07) is 0. The molecule has 0 aromatic rings. The molecule has 2 aliphatic rings. The molecule has 0 aromatic heterocycles. The van der Waals surface area contributed by atoms with Crippen molar-refractivity contribution < 1.29 is 18.9 Å². The molecule has 23 heavy (non-hydrogen) atoms. The normalized spacial score (nSPS) is 27.6. The van der Waals surface area contributed by atoms with E-state index in [1.54, 1.807) is 6.92 Å². The topological polar surface area (TPSA) is 68.8 Å². The van der Waals surface area contributed by atoms with Gasteiger partial charge in [0.25, 0.3) is 5.91 Å². The van der Waals surface area contributed by atoms with Gasteiger partial charge in [-0.3, -0.25) is 10.2 Å². The number of hydrogen-bond donors (Lipinski definition) is 2. The van der Waals surface area contributed by atoms with Crippen molar-refractivity contribution in [2.24, 2.45) is 0 Å². The lowest BCUT2D eigenvalue weighted by Crippen LogP contribution is -2.44. The van der Waals surface area contributed by atoms with Crippen molar-refractivity contribution in [1.29, 1.82) is 0 Å². The second kappa shape index (κ2) is 10.7. The Bertz CT molecular complexity index is 350. The van der Waals surface area contributed by atoms with Gasteiger partial charge in [0.2, 0.25) is 0 Å². The van der Waals surface area contributed by atoms with Gasteiger partial charge in [-0.15, -0.1) is 20.9 Å². The molecule has 2 fully saturated rings. The number of halogens is 1. The van der Waals surface area contributed by atoms with E-state index in [0.717, 1.165) is 38.5 Å². The minimum absolute atomic E-state index is 0.102. The predicted octanol–water partition coefficient (Wildman–Crippen LogP) is 3.41. The number of ether oxygens (including phenoxy) is 1. The lowest BCUT2D eigenvalue weighted by Gasteiger charge is -2.27. The number of nitrogens with one attached hydrogen (secondary N) is 2. The fourth-order valence-electron chi connectivity index (χ4n) is 2.94. The Labute approximate surface area is 147 Å². The zero-order chi connectivity index (χ0) is 16.5. The molecular formula is C15H27ClN2O4S. The lowest BCUT2D eigenvalue weighted by atomic mass is 9.97. The second-order valence-electron chi connectivity index (χ2n) is 6.25. The number of amides is 1. The minimum atomic E-state index is -0.547. The molecular weight excluding hydrogens is 340 g/mol. The van der Waals surface area contributed by atoms with Crippen LogP contribution < -0.4 is 11.0 Å². The molecule has 0 aliphatic heterocycles. The van der Waals surface area contributed by atoms with Gasteiger partial charge in [-0.1, -0.05) is 24.9 Å². The molecule has 0 spiro atoms. The summed E-state index contributed by atoms with van der Waals surface area (Å²) in [6.07, 6.45) is 9.31. The van der Waals surface area contributed by atoms with E-state index in [1.165, 1.54) is 31.3 Å². The van der Waals surface area contributed by atoms with Crippen LogP contribution in [0.25, 0.3) is 0 Å². The third-order valence-electron chi connectivity index (χ3n) is 4.35. The number of rotatable bonds is 8. The van der Waals surface area contributed by atoms with Crippen LogP contribution in [0.1, 0.15) is 64.7 Å². The first kappa shape index (κ1) is 19.3. The van der Waals surface area contributed by atoms with Crippen molar-refractivity contribution in [3.63, 3.8) is 0 Å². The van der Waals surface area contributed by atoms with Gasteiger partial charge in [-0.05, 0) is 45.4 Å². The van der Waals surface area contributed by atoms with Crippen LogP contribution in [0.4, 0.5) is 0 Å². The van der Waals surface area contributed by atoms with Crippen LogP contribution in [0.15, 0.2) is 0 Å². The molecule has 2 rings (SSSR count). The van der Waals surface area contributed by atoms with E-state index in [1.807, 2.05) is 0 Å². The highest BCUT2D eigenvalue weighted by atomic mass is 35.5. The first-order valence-electron chi connectivity index (χ1n) is 8.48. The van der Waals surface area contributed by atoms with E-state index < -0.39 is 6.10 Å².